The van der Waals surface area contributed by atoms with Gasteiger partial charge in [0.25, 0.3) is 0 Å². The Balaban J connectivity index is 1.99. The number of hydrogen-bond donors (Lipinski definition) is 1. The number of rotatable bonds is 4. The molecule has 0 saturated heterocycles. The molecule has 1 unspecified atom stereocenters. The van der Waals surface area contributed by atoms with Crippen molar-refractivity contribution in [3.8, 4) is 0 Å². The van der Waals surface area contributed by atoms with E-state index in [2.05, 4.69) is 14.8 Å². The molecule has 15 heavy (non-hydrogen) atoms. The molecule has 0 spiro atoms. The molecular formula is C10H17N3OS. The molecule has 1 aliphatic rings. The highest BCUT2D eigenvalue weighted by molar-refractivity contribution is 7.99. The third kappa shape index (κ3) is 2.52. The fraction of sp³-hybridized carbons (Fsp3) is 0.800. The first-order valence-corrected chi connectivity index (χ1v) is 6.49. The van der Waals surface area contributed by atoms with Crippen LogP contribution in [-0.4, -0.2) is 31.7 Å². The maximum Gasteiger partial charge on any atom is 0.143 e. The van der Waals surface area contributed by atoms with Crippen molar-refractivity contribution >= 4 is 11.8 Å². The lowest BCUT2D eigenvalue weighted by molar-refractivity contribution is 0.300. The van der Waals surface area contributed by atoms with Crippen LogP contribution in [0, 0.1) is 0 Å². The average molecular weight is 227 g/mol. The zero-order chi connectivity index (χ0) is 10.7. The zero-order valence-electron chi connectivity index (χ0n) is 9.02. The maximum absolute atomic E-state index is 8.94. The topological polar surface area (TPSA) is 50.9 Å². The van der Waals surface area contributed by atoms with E-state index in [-0.39, 0.29) is 11.9 Å². The SMILES string of the molecule is CC(CO)SCc1nnc2n1CCCC2. The number of aliphatic hydroxyl groups excluding tert-OH is 1. The first kappa shape index (κ1) is 11.0. The van der Waals surface area contributed by atoms with Crippen molar-refractivity contribution in [2.75, 3.05) is 6.61 Å². The highest BCUT2D eigenvalue weighted by Gasteiger charge is 2.15. The minimum Gasteiger partial charge on any atom is -0.395 e. The molecule has 0 bridgehead atoms. The molecule has 0 fully saturated rings. The van der Waals surface area contributed by atoms with Gasteiger partial charge in [-0.05, 0) is 12.8 Å². The summed E-state index contributed by atoms with van der Waals surface area (Å²) in [6.45, 7) is 3.32. The van der Waals surface area contributed by atoms with Crippen molar-refractivity contribution in [2.24, 2.45) is 0 Å². The number of aromatic nitrogens is 3. The molecule has 1 aromatic rings. The largest absolute Gasteiger partial charge is 0.395 e. The van der Waals surface area contributed by atoms with E-state index in [0.29, 0.717) is 0 Å². The number of aryl methyl sites for hydroxylation is 1. The minimum atomic E-state index is 0.228. The second-order valence-corrected chi connectivity index (χ2v) is 5.37. The zero-order valence-corrected chi connectivity index (χ0v) is 9.83. The Morgan fingerprint density at radius 3 is 3.13 bits per heavy atom. The molecule has 84 valence electrons. The van der Waals surface area contributed by atoms with Gasteiger partial charge in [-0.2, -0.15) is 0 Å². The van der Waals surface area contributed by atoms with Crippen molar-refractivity contribution in [2.45, 2.75) is 43.7 Å². The molecular weight excluding hydrogens is 210 g/mol. The third-order valence-corrected chi connectivity index (χ3v) is 3.83. The molecule has 1 atom stereocenters. The van der Waals surface area contributed by atoms with E-state index >= 15 is 0 Å². The summed E-state index contributed by atoms with van der Waals surface area (Å²) in [5.74, 6) is 3.05. The van der Waals surface area contributed by atoms with Crippen molar-refractivity contribution in [1.82, 2.24) is 14.8 Å². The summed E-state index contributed by atoms with van der Waals surface area (Å²) in [5.41, 5.74) is 0. The number of thioether (sulfide) groups is 1. The summed E-state index contributed by atoms with van der Waals surface area (Å²) in [5, 5.41) is 17.6. The molecule has 4 nitrogen and oxygen atoms in total. The fourth-order valence-corrected chi connectivity index (χ4v) is 2.50. The van der Waals surface area contributed by atoms with Gasteiger partial charge < -0.3 is 9.67 Å². The molecule has 0 radical (unpaired) electrons. The number of fused-ring (bicyclic) bond motifs is 1. The molecule has 0 aliphatic carbocycles. The van der Waals surface area contributed by atoms with Gasteiger partial charge in [-0.25, -0.2) is 0 Å². The average Bonchev–Trinajstić information content (AvgIpc) is 2.69. The van der Waals surface area contributed by atoms with Crippen LogP contribution in [0.4, 0.5) is 0 Å². The summed E-state index contributed by atoms with van der Waals surface area (Å²) in [6, 6.07) is 0. The third-order valence-electron chi connectivity index (χ3n) is 2.69. The summed E-state index contributed by atoms with van der Waals surface area (Å²) >= 11 is 1.73. The van der Waals surface area contributed by atoms with E-state index in [1.54, 1.807) is 11.8 Å². The Morgan fingerprint density at radius 2 is 2.33 bits per heavy atom. The number of nitrogens with zero attached hydrogens (tertiary/aromatic N) is 3. The van der Waals surface area contributed by atoms with Crippen molar-refractivity contribution in [3.63, 3.8) is 0 Å². The number of hydrogen-bond acceptors (Lipinski definition) is 4. The van der Waals surface area contributed by atoms with E-state index in [1.165, 1.54) is 12.8 Å². The molecule has 2 rings (SSSR count). The molecule has 0 aromatic carbocycles. The quantitative estimate of drug-likeness (QED) is 0.840. The summed E-state index contributed by atoms with van der Waals surface area (Å²) in [4.78, 5) is 0. The summed E-state index contributed by atoms with van der Waals surface area (Å²) in [6.07, 6.45) is 3.53. The standard InChI is InChI=1S/C10H17N3OS/c1-8(6-14)15-7-10-12-11-9-4-2-3-5-13(9)10/h8,14H,2-7H2,1H3. The smallest absolute Gasteiger partial charge is 0.143 e. The van der Waals surface area contributed by atoms with Crippen molar-refractivity contribution < 1.29 is 5.11 Å². The lowest BCUT2D eigenvalue weighted by atomic mass is 10.2. The molecule has 1 aliphatic heterocycles. The van der Waals surface area contributed by atoms with E-state index in [9.17, 15) is 0 Å². The first-order valence-electron chi connectivity index (χ1n) is 5.44. The number of aliphatic hydroxyl groups is 1. The van der Waals surface area contributed by atoms with Crippen LogP contribution in [0.25, 0.3) is 0 Å². The van der Waals surface area contributed by atoms with Crippen LogP contribution in [0.5, 0.6) is 0 Å². The molecule has 0 saturated carbocycles. The summed E-state index contributed by atoms with van der Waals surface area (Å²) < 4.78 is 2.24. The lowest BCUT2D eigenvalue weighted by Crippen LogP contribution is -2.13. The Kier molecular flexibility index (Phi) is 3.64. The molecule has 2 heterocycles. The lowest BCUT2D eigenvalue weighted by Gasteiger charge is -2.15. The van der Waals surface area contributed by atoms with E-state index in [1.807, 2.05) is 6.92 Å². The Labute approximate surface area is 94.1 Å². The minimum absolute atomic E-state index is 0.228. The van der Waals surface area contributed by atoms with E-state index in [4.69, 9.17) is 5.11 Å². The Morgan fingerprint density at radius 1 is 1.47 bits per heavy atom. The molecule has 1 aromatic heterocycles. The summed E-state index contributed by atoms with van der Waals surface area (Å²) in [7, 11) is 0. The predicted octanol–water partition coefficient (Wildman–Crippen LogP) is 1.23. The van der Waals surface area contributed by atoms with Crippen molar-refractivity contribution in [1.29, 1.82) is 0 Å². The Hall–Kier alpha value is -0.550. The van der Waals surface area contributed by atoms with Gasteiger partial charge in [0.15, 0.2) is 0 Å². The van der Waals surface area contributed by atoms with Gasteiger partial charge >= 0.3 is 0 Å². The molecule has 0 amide bonds. The van der Waals surface area contributed by atoms with Crippen LogP contribution < -0.4 is 0 Å². The second kappa shape index (κ2) is 4.99. The van der Waals surface area contributed by atoms with E-state index < -0.39 is 0 Å². The van der Waals surface area contributed by atoms with Crippen LogP contribution in [0.2, 0.25) is 0 Å². The van der Waals surface area contributed by atoms with Crippen LogP contribution in [0.3, 0.4) is 0 Å². The predicted molar refractivity (Wildman–Crippen MR) is 60.8 cm³/mol. The van der Waals surface area contributed by atoms with Gasteiger partial charge in [0.1, 0.15) is 11.6 Å². The second-order valence-electron chi connectivity index (χ2n) is 3.95. The maximum atomic E-state index is 8.94. The van der Waals surface area contributed by atoms with Crippen LogP contribution >= 0.6 is 11.8 Å². The Bertz CT molecular complexity index is 326. The highest BCUT2D eigenvalue weighted by atomic mass is 32.2. The van der Waals surface area contributed by atoms with E-state index in [0.717, 1.165) is 30.4 Å². The monoisotopic (exact) mass is 227 g/mol. The van der Waals surface area contributed by atoms with Crippen LogP contribution in [-0.2, 0) is 18.7 Å². The van der Waals surface area contributed by atoms with Gasteiger partial charge in [-0.3, -0.25) is 0 Å². The van der Waals surface area contributed by atoms with Crippen molar-refractivity contribution in [3.05, 3.63) is 11.6 Å². The molecule has 5 heteroatoms. The first-order chi connectivity index (χ1) is 7.31. The van der Waals surface area contributed by atoms with Gasteiger partial charge in [0.2, 0.25) is 0 Å². The fourth-order valence-electron chi connectivity index (χ4n) is 1.74. The molecule has 1 N–H and O–H groups in total. The van der Waals surface area contributed by atoms with Crippen LogP contribution in [0.15, 0.2) is 0 Å². The highest BCUT2D eigenvalue weighted by Crippen LogP contribution is 2.20. The van der Waals surface area contributed by atoms with Gasteiger partial charge in [0, 0.05) is 18.2 Å². The van der Waals surface area contributed by atoms with Gasteiger partial charge in [-0.15, -0.1) is 22.0 Å². The van der Waals surface area contributed by atoms with Gasteiger partial charge in [-0.1, -0.05) is 6.92 Å². The van der Waals surface area contributed by atoms with Gasteiger partial charge in [0.05, 0.1) is 12.4 Å². The van der Waals surface area contributed by atoms with Crippen LogP contribution in [0.1, 0.15) is 31.4 Å². The normalized spacial score (nSPS) is 17.5.